The number of amides is 1. The number of benzene rings is 1. The van der Waals surface area contributed by atoms with Crippen molar-refractivity contribution in [3.63, 3.8) is 0 Å². The standard InChI is InChI=1S/C9H7ClF3NO/c1-4-2-5(10)3-6(9(11,12)13)7(4)8(14)15/h2-3H,1H3,(H2,14,15). The number of halogens is 4. The molecule has 0 fully saturated rings. The van der Waals surface area contributed by atoms with Crippen LogP contribution < -0.4 is 5.73 Å². The van der Waals surface area contributed by atoms with Crippen LogP contribution in [0.15, 0.2) is 12.1 Å². The Morgan fingerprint density at radius 3 is 2.33 bits per heavy atom. The van der Waals surface area contributed by atoms with Crippen molar-refractivity contribution in [2.24, 2.45) is 5.73 Å². The molecule has 1 aromatic carbocycles. The van der Waals surface area contributed by atoms with E-state index in [1.807, 2.05) is 0 Å². The molecule has 0 heterocycles. The monoisotopic (exact) mass is 237 g/mol. The summed E-state index contributed by atoms with van der Waals surface area (Å²) in [5.74, 6) is -1.11. The van der Waals surface area contributed by atoms with Crippen LogP contribution in [-0.2, 0) is 6.18 Å². The molecule has 2 N–H and O–H groups in total. The van der Waals surface area contributed by atoms with E-state index in [0.29, 0.717) is 6.07 Å². The van der Waals surface area contributed by atoms with Gasteiger partial charge >= 0.3 is 6.18 Å². The highest BCUT2D eigenvalue weighted by Gasteiger charge is 2.35. The summed E-state index contributed by atoms with van der Waals surface area (Å²) in [6.07, 6.45) is -4.64. The zero-order valence-electron chi connectivity index (χ0n) is 7.65. The number of carbonyl (C=O) groups is 1. The van der Waals surface area contributed by atoms with Crippen LogP contribution in [0.3, 0.4) is 0 Å². The number of hydrogen-bond donors (Lipinski definition) is 1. The normalized spacial score (nSPS) is 11.5. The Bertz CT molecular complexity index is 415. The van der Waals surface area contributed by atoms with E-state index in [1.54, 1.807) is 0 Å². The van der Waals surface area contributed by atoms with Crippen LogP contribution in [0.1, 0.15) is 21.5 Å². The van der Waals surface area contributed by atoms with E-state index in [1.165, 1.54) is 13.0 Å². The lowest BCUT2D eigenvalue weighted by Crippen LogP contribution is -2.20. The first kappa shape index (κ1) is 11.8. The second-order valence-corrected chi connectivity index (χ2v) is 3.44. The second-order valence-electron chi connectivity index (χ2n) is 3.01. The van der Waals surface area contributed by atoms with Crippen molar-refractivity contribution in [1.29, 1.82) is 0 Å². The highest BCUT2D eigenvalue weighted by atomic mass is 35.5. The molecule has 0 saturated heterocycles. The third kappa shape index (κ3) is 2.41. The minimum absolute atomic E-state index is 0.0789. The Morgan fingerprint density at radius 2 is 1.93 bits per heavy atom. The van der Waals surface area contributed by atoms with Crippen LogP contribution in [0.5, 0.6) is 0 Å². The SMILES string of the molecule is Cc1cc(Cl)cc(C(F)(F)F)c1C(N)=O. The number of primary amides is 1. The first-order chi connectivity index (χ1) is 6.73. The molecule has 0 bridgehead atoms. The molecule has 1 rings (SSSR count). The fourth-order valence-electron chi connectivity index (χ4n) is 1.29. The molecule has 1 aromatic rings. The minimum atomic E-state index is -4.64. The van der Waals surface area contributed by atoms with Crippen molar-refractivity contribution in [3.05, 3.63) is 33.8 Å². The van der Waals surface area contributed by atoms with Crippen molar-refractivity contribution < 1.29 is 18.0 Å². The molecule has 0 aromatic heterocycles. The zero-order valence-corrected chi connectivity index (χ0v) is 8.41. The van der Waals surface area contributed by atoms with E-state index in [-0.39, 0.29) is 10.6 Å². The molecule has 2 nitrogen and oxygen atoms in total. The molecular weight excluding hydrogens is 231 g/mol. The van der Waals surface area contributed by atoms with E-state index >= 15 is 0 Å². The van der Waals surface area contributed by atoms with Crippen LogP contribution in [0.25, 0.3) is 0 Å². The first-order valence-electron chi connectivity index (χ1n) is 3.90. The summed E-state index contributed by atoms with van der Waals surface area (Å²) < 4.78 is 37.5. The van der Waals surface area contributed by atoms with E-state index < -0.39 is 23.2 Å². The van der Waals surface area contributed by atoms with Crippen LogP contribution in [0.4, 0.5) is 13.2 Å². The summed E-state index contributed by atoms with van der Waals surface area (Å²) in [5, 5.41) is -0.0789. The van der Waals surface area contributed by atoms with Crippen molar-refractivity contribution in [2.75, 3.05) is 0 Å². The van der Waals surface area contributed by atoms with E-state index in [9.17, 15) is 18.0 Å². The lowest BCUT2D eigenvalue weighted by Gasteiger charge is -2.13. The summed E-state index contributed by atoms with van der Waals surface area (Å²) in [6.45, 7) is 1.35. The zero-order chi connectivity index (χ0) is 11.8. The highest BCUT2D eigenvalue weighted by molar-refractivity contribution is 6.30. The Labute approximate surface area is 88.8 Å². The van der Waals surface area contributed by atoms with Gasteiger partial charge in [0.25, 0.3) is 0 Å². The van der Waals surface area contributed by atoms with Gasteiger partial charge in [0.2, 0.25) is 5.91 Å². The van der Waals surface area contributed by atoms with Crippen LogP contribution >= 0.6 is 11.6 Å². The van der Waals surface area contributed by atoms with Crippen molar-refractivity contribution >= 4 is 17.5 Å². The lowest BCUT2D eigenvalue weighted by molar-refractivity contribution is -0.137. The number of alkyl halides is 3. The quantitative estimate of drug-likeness (QED) is 0.802. The Hall–Kier alpha value is -1.23. The molecule has 0 spiro atoms. The van der Waals surface area contributed by atoms with Crippen LogP contribution in [0.2, 0.25) is 5.02 Å². The molecular formula is C9H7ClF3NO. The molecule has 0 aliphatic heterocycles. The number of carbonyl (C=O) groups excluding carboxylic acids is 1. The maximum Gasteiger partial charge on any atom is 0.417 e. The molecule has 0 radical (unpaired) electrons. The van der Waals surface area contributed by atoms with Gasteiger partial charge in [0.15, 0.2) is 0 Å². The number of rotatable bonds is 1. The molecule has 0 aliphatic rings. The lowest BCUT2D eigenvalue weighted by atomic mass is 10.0. The third-order valence-corrected chi connectivity index (χ3v) is 2.07. The Morgan fingerprint density at radius 1 is 1.40 bits per heavy atom. The van der Waals surface area contributed by atoms with Crippen molar-refractivity contribution in [2.45, 2.75) is 13.1 Å². The Balaban J connectivity index is 3.54. The summed E-state index contributed by atoms with van der Waals surface area (Å²) in [4.78, 5) is 10.9. The van der Waals surface area contributed by atoms with Gasteiger partial charge in [0, 0.05) is 5.02 Å². The predicted molar refractivity (Wildman–Crippen MR) is 49.7 cm³/mol. The predicted octanol–water partition coefficient (Wildman–Crippen LogP) is 2.77. The molecule has 15 heavy (non-hydrogen) atoms. The molecule has 0 unspecified atom stereocenters. The van der Waals surface area contributed by atoms with Gasteiger partial charge in [-0.3, -0.25) is 4.79 Å². The summed E-state index contributed by atoms with van der Waals surface area (Å²) in [7, 11) is 0. The van der Waals surface area contributed by atoms with Crippen molar-refractivity contribution in [1.82, 2.24) is 0 Å². The average molecular weight is 238 g/mol. The van der Waals surface area contributed by atoms with Gasteiger partial charge < -0.3 is 5.73 Å². The largest absolute Gasteiger partial charge is 0.417 e. The molecule has 6 heteroatoms. The van der Waals surface area contributed by atoms with Gasteiger partial charge in [-0.25, -0.2) is 0 Å². The second kappa shape index (κ2) is 3.73. The Kier molecular flexibility index (Phi) is 2.95. The first-order valence-corrected chi connectivity index (χ1v) is 4.28. The maximum absolute atomic E-state index is 12.5. The minimum Gasteiger partial charge on any atom is -0.366 e. The third-order valence-electron chi connectivity index (χ3n) is 1.85. The van der Waals surface area contributed by atoms with Gasteiger partial charge in [0.05, 0.1) is 11.1 Å². The summed E-state index contributed by atoms with van der Waals surface area (Å²) in [6, 6.07) is 1.95. The van der Waals surface area contributed by atoms with E-state index in [4.69, 9.17) is 17.3 Å². The van der Waals surface area contributed by atoms with Crippen molar-refractivity contribution in [3.8, 4) is 0 Å². The highest BCUT2D eigenvalue weighted by Crippen LogP contribution is 2.35. The molecule has 0 aliphatic carbocycles. The van der Waals surface area contributed by atoms with Gasteiger partial charge in [0.1, 0.15) is 0 Å². The van der Waals surface area contributed by atoms with Gasteiger partial charge in [-0.1, -0.05) is 11.6 Å². The van der Waals surface area contributed by atoms with Gasteiger partial charge in [-0.15, -0.1) is 0 Å². The van der Waals surface area contributed by atoms with E-state index in [2.05, 4.69) is 0 Å². The fraction of sp³-hybridized carbons (Fsp3) is 0.222. The molecule has 82 valence electrons. The molecule has 1 amide bonds. The van der Waals surface area contributed by atoms with Crippen LogP contribution in [-0.4, -0.2) is 5.91 Å². The average Bonchev–Trinajstić information content (AvgIpc) is 1.99. The number of aryl methyl sites for hydroxylation is 1. The summed E-state index contributed by atoms with van der Waals surface area (Å²) in [5.41, 5.74) is 3.36. The summed E-state index contributed by atoms with van der Waals surface area (Å²) >= 11 is 5.48. The molecule has 0 atom stereocenters. The maximum atomic E-state index is 12.5. The smallest absolute Gasteiger partial charge is 0.366 e. The van der Waals surface area contributed by atoms with Gasteiger partial charge in [-0.2, -0.15) is 13.2 Å². The topological polar surface area (TPSA) is 43.1 Å². The fourth-order valence-corrected chi connectivity index (χ4v) is 1.57. The number of hydrogen-bond acceptors (Lipinski definition) is 1. The van der Waals surface area contributed by atoms with Crippen LogP contribution in [0, 0.1) is 6.92 Å². The molecule has 0 saturated carbocycles. The van der Waals surface area contributed by atoms with E-state index in [0.717, 1.165) is 0 Å². The van der Waals surface area contributed by atoms with Gasteiger partial charge in [-0.05, 0) is 24.6 Å². The number of nitrogens with two attached hydrogens (primary N) is 1.